The van der Waals surface area contributed by atoms with Gasteiger partial charge < -0.3 is 10.2 Å². The van der Waals surface area contributed by atoms with Gasteiger partial charge in [0, 0.05) is 49.0 Å². The Hall–Kier alpha value is -3.14. The molecule has 0 aromatic heterocycles. The highest BCUT2D eigenvalue weighted by atomic mass is 35.5. The number of nitrogens with one attached hydrogen (secondary N) is 1. The number of hydrogen-bond donors (Lipinski definition) is 1. The maximum Gasteiger partial charge on any atom is 0.292 e. The smallest absolute Gasteiger partial charge is 0.292 e. The van der Waals surface area contributed by atoms with Gasteiger partial charge in [-0.25, -0.2) is 8.42 Å². The average molecular weight is 501 g/mol. The van der Waals surface area contributed by atoms with Gasteiger partial charge in [0.25, 0.3) is 5.69 Å². The highest BCUT2D eigenvalue weighted by Gasteiger charge is 2.29. The zero-order valence-corrected chi connectivity index (χ0v) is 20.2. The normalized spacial score (nSPS) is 15.6. The number of rotatable bonds is 7. The van der Waals surface area contributed by atoms with Gasteiger partial charge in [0.15, 0.2) is 0 Å². The highest BCUT2D eigenvalue weighted by molar-refractivity contribution is 7.89. The van der Waals surface area contributed by atoms with Crippen LogP contribution >= 0.6 is 11.6 Å². The molecular formula is C24H25ClN4O4S. The minimum absolute atomic E-state index is 0.00418. The molecule has 178 valence electrons. The molecule has 4 rings (SSSR count). The van der Waals surface area contributed by atoms with Gasteiger partial charge in [0.1, 0.15) is 5.69 Å². The summed E-state index contributed by atoms with van der Waals surface area (Å²) in [6.45, 7) is 3.51. The molecule has 10 heteroatoms. The van der Waals surface area contributed by atoms with Crippen LogP contribution in [-0.2, 0) is 10.0 Å². The number of halogens is 1. The van der Waals surface area contributed by atoms with Crippen molar-refractivity contribution < 1.29 is 13.3 Å². The molecule has 1 aliphatic rings. The van der Waals surface area contributed by atoms with Crippen LogP contribution in [0, 0.1) is 10.1 Å². The molecular weight excluding hydrogens is 476 g/mol. The maximum atomic E-state index is 13.0. The van der Waals surface area contributed by atoms with E-state index in [-0.39, 0.29) is 16.6 Å². The van der Waals surface area contributed by atoms with Gasteiger partial charge in [-0.2, -0.15) is 4.31 Å². The van der Waals surface area contributed by atoms with Crippen molar-refractivity contribution in [1.29, 1.82) is 0 Å². The van der Waals surface area contributed by atoms with E-state index in [0.29, 0.717) is 36.9 Å². The summed E-state index contributed by atoms with van der Waals surface area (Å²) in [6.07, 6.45) is 0. The Labute approximate surface area is 204 Å². The molecule has 0 spiro atoms. The molecule has 3 aromatic carbocycles. The van der Waals surface area contributed by atoms with E-state index >= 15 is 0 Å². The molecule has 34 heavy (non-hydrogen) atoms. The maximum absolute atomic E-state index is 13.0. The second-order valence-corrected chi connectivity index (χ2v) is 10.5. The molecule has 0 bridgehead atoms. The molecule has 0 unspecified atom stereocenters. The molecule has 8 nitrogen and oxygen atoms in total. The standard InChI is InChI=1S/C24H25ClN4O4S/c1-18(19-5-3-2-4-6-19)26-23-17-21(9-12-24(23)29(30)31)27-13-15-28(16-14-27)34(32,33)22-10-7-20(25)8-11-22/h2-12,17-18,26H,13-16H2,1H3/t18-/m1/s1. The third-order valence-electron chi connectivity index (χ3n) is 5.90. The first kappa shape index (κ1) is 24.0. The van der Waals surface area contributed by atoms with Crippen LogP contribution in [0.2, 0.25) is 5.02 Å². The molecule has 1 atom stereocenters. The number of nitro benzene ring substituents is 1. The van der Waals surface area contributed by atoms with Gasteiger partial charge in [0.05, 0.1) is 9.82 Å². The van der Waals surface area contributed by atoms with Crippen LogP contribution in [0.15, 0.2) is 77.7 Å². The lowest BCUT2D eigenvalue weighted by Gasteiger charge is -2.35. The topological polar surface area (TPSA) is 95.8 Å². The Morgan fingerprint density at radius 2 is 1.62 bits per heavy atom. The third kappa shape index (κ3) is 5.16. The summed E-state index contributed by atoms with van der Waals surface area (Å²) in [5.41, 5.74) is 2.24. The van der Waals surface area contributed by atoms with Crippen LogP contribution < -0.4 is 10.2 Å². The van der Waals surface area contributed by atoms with Crippen LogP contribution in [-0.4, -0.2) is 43.8 Å². The Bertz CT molecular complexity index is 1260. The molecule has 1 aliphatic heterocycles. The quantitative estimate of drug-likeness (QED) is 0.365. The molecule has 0 saturated carbocycles. The summed E-state index contributed by atoms with van der Waals surface area (Å²) < 4.78 is 27.4. The van der Waals surface area contributed by atoms with E-state index in [1.807, 2.05) is 42.2 Å². The lowest BCUT2D eigenvalue weighted by molar-refractivity contribution is -0.384. The van der Waals surface area contributed by atoms with E-state index < -0.39 is 14.9 Å². The van der Waals surface area contributed by atoms with Crippen LogP contribution in [0.4, 0.5) is 17.1 Å². The SMILES string of the molecule is C[C@@H](Nc1cc(N2CCN(S(=O)(=O)c3ccc(Cl)cc3)CC2)ccc1[N+](=O)[O-])c1ccccc1. The van der Waals surface area contributed by atoms with Crippen molar-refractivity contribution in [1.82, 2.24) is 4.31 Å². The summed E-state index contributed by atoms with van der Waals surface area (Å²) in [5.74, 6) is 0. The van der Waals surface area contributed by atoms with Crippen molar-refractivity contribution >= 4 is 38.7 Å². The van der Waals surface area contributed by atoms with Gasteiger partial charge in [-0.3, -0.25) is 10.1 Å². The fourth-order valence-corrected chi connectivity index (χ4v) is 5.54. The van der Waals surface area contributed by atoms with Gasteiger partial charge in [0.2, 0.25) is 10.0 Å². The summed E-state index contributed by atoms with van der Waals surface area (Å²) in [4.78, 5) is 13.5. The van der Waals surface area contributed by atoms with Gasteiger partial charge in [-0.1, -0.05) is 41.9 Å². The Morgan fingerprint density at radius 1 is 0.971 bits per heavy atom. The first-order valence-corrected chi connectivity index (χ1v) is 12.7. The van der Waals surface area contributed by atoms with E-state index in [2.05, 4.69) is 5.32 Å². The minimum Gasteiger partial charge on any atom is -0.373 e. The number of nitro groups is 1. The summed E-state index contributed by atoms with van der Waals surface area (Å²) >= 11 is 5.88. The van der Waals surface area contributed by atoms with Gasteiger partial charge in [-0.05, 0) is 48.9 Å². The molecule has 1 heterocycles. The first-order valence-electron chi connectivity index (χ1n) is 10.9. The van der Waals surface area contributed by atoms with Crippen molar-refractivity contribution in [2.24, 2.45) is 0 Å². The largest absolute Gasteiger partial charge is 0.373 e. The lowest BCUT2D eigenvalue weighted by Crippen LogP contribution is -2.48. The average Bonchev–Trinajstić information content (AvgIpc) is 2.84. The summed E-state index contributed by atoms with van der Waals surface area (Å²) in [7, 11) is -3.61. The Balaban J connectivity index is 1.50. The van der Waals surface area contributed by atoms with Gasteiger partial charge >= 0.3 is 0 Å². The molecule has 0 aliphatic carbocycles. The van der Waals surface area contributed by atoms with Crippen molar-refractivity contribution in [3.05, 3.63) is 93.5 Å². The molecule has 1 saturated heterocycles. The molecule has 3 aromatic rings. The van der Waals surface area contributed by atoms with E-state index in [9.17, 15) is 18.5 Å². The van der Waals surface area contributed by atoms with Crippen molar-refractivity contribution in [2.45, 2.75) is 17.9 Å². The predicted molar refractivity (Wildman–Crippen MR) is 134 cm³/mol. The second kappa shape index (κ2) is 10.0. The van der Waals surface area contributed by atoms with Crippen molar-refractivity contribution in [2.75, 3.05) is 36.4 Å². The number of benzene rings is 3. The van der Waals surface area contributed by atoms with E-state index in [0.717, 1.165) is 11.3 Å². The zero-order chi connectivity index (χ0) is 24.3. The minimum atomic E-state index is -3.61. The third-order valence-corrected chi connectivity index (χ3v) is 8.07. The van der Waals surface area contributed by atoms with Crippen LogP contribution in [0.5, 0.6) is 0 Å². The van der Waals surface area contributed by atoms with E-state index in [1.54, 1.807) is 24.3 Å². The number of nitrogens with zero attached hydrogens (tertiary/aromatic N) is 3. The monoisotopic (exact) mass is 500 g/mol. The van der Waals surface area contributed by atoms with Crippen LogP contribution in [0.25, 0.3) is 0 Å². The van der Waals surface area contributed by atoms with Crippen LogP contribution in [0.3, 0.4) is 0 Å². The molecule has 1 N–H and O–H groups in total. The van der Waals surface area contributed by atoms with E-state index in [4.69, 9.17) is 11.6 Å². The number of sulfonamides is 1. The zero-order valence-electron chi connectivity index (χ0n) is 18.6. The lowest BCUT2D eigenvalue weighted by atomic mass is 10.1. The van der Waals surface area contributed by atoms with Crippen molar-refractivity contribution in [3.63, 3.8) is 0 Å². The Morgan fingerprint density at radius 3 is 2.24 bits per heavy atom. The number of hydrogen-bond acceptors (Lipinski definition) is 6. The van der Waals surface area contributed by atoms with E-state index in [1.165, 1.54) is 22.5 Å². The molecule has 0 amide bonds. The highest BCUT2D eigenvalue weighted by Crippen LogP contribution is 2.33. The Kier molecular flexibility index (Phi) is 7.06. The summed E-state index contributed by atoms with van der Waals surface area (Å²) in [5, 5.41) is 15.3. The summed E-state index contributed by atoms with van der Waals surface area (Å²) in [6, 6.07) is 20.7. The second-order valence-electron chi connectivity index (χ2n) is 8.08. The van der Waals surface area contributed by atoms with Crippen LogP contribution in [0.1, 0.15) is 18.5 Å². The van der Waals surface area contributed by atoms with Gasteiger partial charge in [-0.15, -0.1) is 0 Å². The number of anilines is 2. The first-order chi connectivity index (χ1) is 16.3. The number of piperazine rings is 1. The fourth-order valence-electron chi connectivity index (χ4n) is 4.00. The molecule has 0 radical (unpaired) electrons. The predicted octanol–water partition coefficient (Wildman–Crippen LogP) is 4.93. The molecule has 1 fully saturated rings. The fraction of sp³-hybridized carbons (Fsp3) is 0.250. The van der Waals surface area contributed by atoms with Crippen molar-refractivity contribution in [3.8, 4) is 0 Å².